The van der Waals surface area contributed by atoms with Gasteiger partial charge in [0.2, 0.25) is 0 Å². The summed E-state index contributed by atoms with van der Waals surface area (Å²) in [4.78, 5) is 0. The second-order valence-corrected chi connectivity index (χ2v) is 20.6. The fourth-order valence-corrected chi connectivity index (χ4v) is 12.1. The van der Waals surface area contributed by atoms with Crippen molar-refractivity contribution in [1.82, 2.24) is 0 Å². The van der Waals surface area contributed by atoms with E-state index in [0.717, 1.165) is 22.3 Å². The Balaban J connectivity index is 0.833. The lowest BCUT2D eigenvalue weighted by Crippen LogP contribution is -2.38. The fraction of sp³-hybridized carbons (Fsp3) is 0.138. The molecule has 0 nitrogen and oxygen atoms in total. The predicted molar refractivity (Wildman–Crippen MR) is 276 cm³/mol. The van der Waals surface area contributed by atoms with Gasteiger partial charge in [-0.05, 0) is 188 Å². The summed E-state index contributed by atoms with van der Waals surface area (Å²) in [5.41, 5.74) is 16.7. The minimum absolute atomic E-state index is 0.297. The Kier molecular flexibility index (Phi) is 8.41. The van der Waals surface area contributed by atoms with E-state index in [0.29, 0.717) is 22.3 Å². The summed E-state index contributed by atoms with van der Waals surface area (Å²) in [6.45, 7) is 10.4. The molecule has 0 fully saturated rings. The van der Waals surface area contributed by atoms with Gasteiger partial charge >= 0.3 is 6.18 Å². The van der Waals surface area contributed by atoms with Crippen LogP contribution in [-0.4, -0.2) is 6.18 Å². The van der Waals surface area contributed by atoms with Gasteiger partial charge in [-0.1, -0.05) is 173 Å². The molecule has 10 aromatic carbocycles. The van der Waals surface area contributed by atoms with Crippen LogP contribution in [0.15, 0.2) is 194 Å². The maximum absolute atomic E-state index is 15.9. The summed E-state index contributed by atoms with van der Waals surface area (Å²) in [6, 6.07) is 67.9. The van der Waals surface area contributed by atoms with E-state index >= 15 is 13.2 Å². The van der Waals surface area contributed by atoms with Crippen LogP contribution in [0.2, 0.25) is 0 Å². The van der Waals surface area contributed by atoms with Gasteiger partial charge in [-0.2, -0.15) is 13.2 Å². The average Bonchev–Trinajstić information content (AvgIpc) is 3.85. The molecule has 68 heavy (non-hydrogen) atoms. The van der Waals surface area contributed by atoms with E-state index in [1.54, 1.807) is 12.1 Å². The van der Waals surface area contributed by atoms with Gasteiger partial charge in [0, 0.05) is 10.8 Å². The smallest absolute Gasteiger partial charge is 0.170 e. The number of fused-ring (bicyclic) bond motifs is 11. The Hall–Kier alpha value is -7.49. The first-order chi connectivity index (χ1) is 32.7. The molecule has 328 valence electrons. The lowest BCUT2D eigenvalue weighted by Gasteiger charge is -2.30. The number of hydrogen-bond acceptors (Lipinski definition) is 0. The van der Waals surface area contributed by atoms with Crippen LogP contribution in [0.3, 0.4) is 0 Å². The van der Waals surface area contributed by atoms with E-state index < -0.39 is 11.6 Å². The zero-order valence-corrected chi connectivity index (χ0v) is 38.6. The highest BCUT2D eigenvalue weighted by molar-refractivity contribution is 5.93. The monoisotopic (exact) mass is 884 g/mol. The first-order valence-electron chi connectivity index (χ1n) is 23.6. The summed E-state index contributed by atoms with van der Waals surface area (Å²) >= 11 is 0. The fourth-order valence-electron chi connectivity index (χ4n) is 12.1. The molecule has 0 saturated carbocycles. The third kappa shape index (κ3) is 5.75. The van der Waals surface area contributed by atoms with Gasteiger partial charge in [-0.15, -0.1) is 0 Å². The summed E-state index contributed by atoms with van der Waals surface area (Å²) in [7, 11) is 0. The molecule has 0 heterocycles. The molecule has 0 bridgehead atoms. The Morgan fingerprint density at radius 1 is 0.265 bits per heavy atom. The Morgan fingerprint density at radius 3 is 0.794 bits per heavy atom. The number of hydrogen-bond donors (Lipinski definition) is 0. The molecule has 3 heteroatoms. The number of benzene rings is 10. The lowest BCUT2D eigenvalue weighted by molar-refractivity contribution is -0.172. The molecule has 0 unspecified atom stereocenters. The Labute approximate surface area is 395 Å². The molecule has 0 amide bonds. The van der Waals surface area contributed by atoms with Crippen LogP contribution in [0.25, 0.3) is 99.4 Å². The van der Waals surface area contributed by atoms with Crippen molar-refractivity contribution < 1.29 is 13.2 Å². The van der Waals surface area contributed by atoms with E-state index in [9.17, 15) is 0 Å². The zero-order valence-electron chi connectivity index (χ0n) is 38.6. The number of rotatable bonds is 4. The van der Waals surface area contributed by atoms with Crippen molar-refractivity contribution in [2.24, 2.45) is 0 Å². The topological polar surface area (TPSA) is 0 Å². The molecular weight excluding hydrogens is 838 g/mol. The highest BCUT2D eigenvalue weighted by Gasteiger charge is 2.58. The molecule has 3 aliphatic carbocycles. The summed E-state index contributed by atoms with van der Waals surface area (Å²) in [5, 5.41) is 4.84. The highest BCUT2D eigenvalue weighted by atomic mass is 19.4. The first-order valence-corrected chi connectivity index (χ1v) is 23.6. The molecule has 0 atom stereocenters. The van der Waals surface area contributed by atoms with E-state index in [1.807, 2.05) is 24.3 Å². The minimum atomic E-state index is -4.54. The van der Waals surface area contributed by atoms with Crippen LogP contribution >= 0.6 is 0 Å². The molecular formula is C65H47F3. The molecule has 0 radical (unpaired) electrons. The molecule has 0 aliphatic heterocycles. The van der Waals surface area contributed by atoms with Crippen molar-refractivity contribution in [2.75, 3.05) is 0 Å². The lowest BCUT2D eigenvalue weighted by atomic mass is 9.77. The maximum atomic E-state index is 15.9. The predicted octanol–water partition coefficient (Wildman–Crippen LogP) is 18.1. The first kappa shape index (κ1) is 40.8. The standard InChI is InChI=1S/C65H47F3/c1-62(2)56-32-44(42-16-14-38-10-6-8-12-40(38)30-42)18-24-50(56)52-26-20-46(34-58(52)62)48-22-28-54-55-29-23-49(37-61(55)64(5,60(54)36-48)65(66,67)68)47-21-27-53-51-25-19-45(33-57(51)63(3,4)59(53)35-47)43-17-15-39-11-7-9-13-41(39)31-43/h6-37H,1-5H3. The van der Waals surface area contributed by atoms with Gasteiger partial charge in [-0.25, -0.2) is 0 Å². The number of alkyl halides is 3. The minimum Gasteiger partial charge on any atom is -0.170 e. The van der Waals surface area contributed by atoms with Gasteiger partial charge in [0.1, 0.15) is 5.41 Å². The normalized spacial score (nSPS) is 15.4. The Morgan fingerprint density at radius 2 is 0.500 bits per heavy atom. The van der Waals surface area contributed by atoms with Gasteiger partial charge in [0.15, 0.2) is 0 Å². The van der Waals surface area contributed by atoms with Crippen LogP contribution in [0.1, 0.15) is 68.0 Å². The van der Waals surface area contributed by atoms with Crippen LogP contribution in [0.5, 0.6) is 0 Å². The maximum Gasteiger partial charge on any atom is 0.402 e. The molecule has 0 aromatic heterocycles. The van der Waals surface area contributed by atoms with Crippen LogP contribution in [0, 0.1) is 0 Å². The second kappa shape index (κ2) is 14.0. The molecule has 0 saturated heterocycles. The van der Waals surface area contributed by atoms with Crippen molar-refractivity contribution in [3.63, 3.8) is 0 Å². The van der Waals surface area contributed by atoms with E-state index in [-0.39, 0.29) is 10.8 Å². The highest BCUT2D eigenvalue weighted by Crippen LogP contribution is 2.59. The van der Waals surface area contributed by atoms with Crippen molar-refractivity contribution in [3.8, 4) is 77.9 Å². The van der Waals surface area contributed by atoms with Crippen molar-refractivity contribution in [3.05, 3.63) is 228 Å². The number of halogens is 3. The zero-order chi connectivity index (χ0) is 46.5. The molecule has 13 rings (SSSR count). The quantitative estimate of drug-likeness (QED) is 0.165. The summed E-state index contributed by atoms with van der Waals surface area (Å²) < 4.78 is 47.7. The third-order valence-corrected chi connectivity index (χ3v) is 16.2. The van der Waals surface area contributed by atoms with E-state index in [2.05, 4.69) is 185 Å². The van der Waals surface area contributed by atoms with Crippen LogP contribution < -0.4 is 0 Å². The molecule has 10 aromatic rings. The summed E-state index contributed by atoms with van der Waals surface area (Å²) in [6.07, 6.45) is -4.54. The largest absolute Gasteiger partial charge is 0.402 e. The molecule has 0 N–H and O–H groups in total. The van der Waals surface area contributed by atoms with Gasteiger partial charge < -0.3 is 0 Å². The van der Waals surface area contributed by atoms with Crippen LogP contribution in [-0.2, 0) is 16.2 Å². The average molecular weight is 885 g/mol. The van der Waals surface area contributed by atoms with E-state index in [4.69, 9.17) is 0 Å². The third-order valence-electron chi connectivity index (χ3n) is 16.2. The van der Waals surface area contributed by atoms with Gasteiger partial charge in [-0.3, -0.25) is 0 Å². The van der Waals surface area contributed by atoms with E-state index in [1.165, 1.54) is 95.2 Å². The van der Waals surface area contributed by atoms with Crippen molar-refractivity contribution in [2.45, 2.75) is 57.0 Å². The van der Waals surface area contributed by atoms with Crippen molar-refractivity contribution >= 4 is 21.5 Å². The van der Waals surface area contributed by atoms with Gasteiger partial charge in [0.25, 0.3) is 0 Å². The van der Waals surface area contributed by atoms with Gasteiger partial charge in [0.05, 0.1) is 0 Å². The Bertz CT molecular complexity index is 3560. The molecule has 0 spiro atoms. The second-order valence-electron chi connectivity index (χ2n) is 20.6. The summed E-state index contributed by atoms with van der Waals surface area (Å²) in [5.74, 6) is 0. The van der Waals surface area contributed by atoms with Crippen molar-refractivity contribution in [1.29, 1.82) is 0 Å². The van der Waals surface area contributed by atoms with Crippen LogP contribution in [0.4, 0.5) is 13.2 Å². The SMILES string of the molecule is CC1(C)c2cc(-c3ccc4c(c3)C(C)(C(F)(F)F)c3cc(-c5ccc6c(c5)C(C)(C)c5cc(-c7ccc8ccccc8c7)ccc5-6)ccc3-4)ccc2-c2ccc(-c3ccc4ccccc4c3)cc21. The molecule has 3 aliphatic rings.